The monoisotopic (exact) mass is 265 g/mol. The number of benzene rings is 1. The molecule has 92 valence electrons. The first-order valence-corrected chi connectivity index (χ1v) is 7.05. The van der Waals surface area contributed by atoms with Gasteiger partial charge < -0.3 is 4.74 Å². The molecule has 0 fully saturated rings. The Kier molecular flexibility index (Phi) is 2.33. The molecule has 2 nitrogen and oxygen atoms in total. The molecule has 2 aromatic carbocycles. The lowest BCUT2D eigenvalue weighted by Crippen LogP contribution is -2.09. The predicted octanol–water partition coefficient (Wildman–Crippen LogP) is 3.62. The van der Waals surface area contributed by atoms with Crippen molar-refractivity contribution in [1.29, 1.82) is 0 Å². The predicted molar refractivity (Wildman–Crippen MR) is 76.0 cm³/mol. The van der Waals surface area contributed by atoms with Gasteiger partial charge in [-0.1, -0.05) is 18.2 Å². The standard InChI is InChI=1S/C16H11NOS/c1-18-11-6-7-12-10(8-11)9-17-15-13-4-2-3-5-14(13)19-16(12)15/h2,4,6-9,15-16H,1H3. The number of rotatable bonds is 1. The molecule has 0 aliphatic carbocycles. The number of fused-ring (bicyclic) bond motifs is 5. The molecule has 4 rings (SSSR count). The van der Waals surface area contributed by atoms with E-state index in [9.17, 15) is 0 Å². The quantitative estimate of drug-likeness (QED) is 0.785. The normalized spacial score (nSPS) is 22.2. The second kappa shape index (κ2) is 4.04. The van der Waals surface area contributed by atoms with E-state index >= 15 is 0 Å². The fourth-order valence-electron chi connectivity index (χ4n) is 2.67. The summed E-state index contributed by atoms with van der Waals surface area (Å²) in [5.74, 6) is 0.879. The van der Waals surface area contributed by atoms with E-state index in [1.807, 2.05) is 30.1 Å². The second-order valence-electron chi connectivity index (χ2n) is 4.64. The lowest BCUT2D eigenvalue weighted by molar-refractivity contribution is 0.414. The van der Waals surface area contributed by atoms with Crippen LogP contribution in [-0.2, 0) is 0 Å². The number of methoxy groups -OCH3 is 1. The number of nitrogens with zero attached hydrogens (tertiary/aromatic N) is 1. The van der Waals surface area contributed by atoms with Crippen molar-refractivity contribution in [3.8, 4) is 5.75 Å². The zero-order valence-electron chi connectivity index (χ0n) is 10.4. The molecule has 0 amide bonds. The third-order valence-electron chi connectivity index (χ3n) is 3.62. The molecule has 0 radical (unpaired) electrons. The van der Waals surface area contributed by atoms with E-state index in [4.69, 9.17) is 9.73 Å². The number of ether oxygens (including phenoxy) is 1. The summed E-state index contributed by atoms with van der Waals surface area (Å²) in [6.45, 7) is 0. The Morgan fingerprint density at radius 3 is 3.11 bits per heavy atom. The van der Waals surface area contributed by atoms with Gasteiger partial charge in [-0.05, 0) is 29.8 Å². The van der Waals surface area contributed by atoms with Crippen LogP contribution >= 0.6 is 11.8 Å². The van der Waals surface area contributed by atoms with Gasteiger partial charge in [0, 0.05) is 17.3 Å². The van der Waals surface area contributed by atoms with Gasteiger partial charge in [-0.3, -0.25) is 4.99 Å². The Balaban J connectivity index is 1.83. The van der Waals surface area contributed by atoms with E-state index in [1.54, 1.807) is 7.11 Å². The Labute approximate surface area is 116 Å². The van der Waals surface area contributed by atoms with Crippen molar-refractivity contribution in [1.82, 2.24) is 0 Å². The van der Waals surface area contributed by atoms with Crippen molar-refractivity contribution >= 4 is 18.0 Å². The second-order valence-corrected chi connectivity index (χ2v) is 5.80. The maximum atomic E-state index is 5.27. The number of hydrogen-bond acceptors (Lipinski definition) is 3. The molecule has 2 aliphatic heterocycles. The number of hydrogen-bond donors (Lipinski definition) is 0. The summed E-state index contributed by atoms with van der Waals surface area (Å²) >= 11 is 1.83. The maximum absolute atomic E-state index is 5.27. The molecule has 19 heavy (non-hydrogen) atoms. The Morgan fingerprint density at radius 2 is 2.21 bits per heavy atom. The van der Waals surface area contributed by atoms with Crippen LogP contribution in [0.5, 0.6) is 5.75 Å². The van der Waals surface area contributed by atoms with Crippen LogP contribution in [0.2, 0.25) is 0 Å². The van der Waals surface area contributed by atoms with Crippen LogP contribution in [0, 0.1) is 12.1 Å². The third kappa shape index (κ3) is 1.57. The van der Waals surface area contributed by atoms with Crippen LogP contribution in [0.15, 0.2) is 40.2 Å². The topological polar surface area (TPSA) is 21.6 Å². The first kappa shape index (κ1) is 11.0. The van der Waals surface area contributed by atoms with Crippen LogP contribution in [0.1, 0.15) is 28.0 Å². The summed E-state index contributed by atoms with van der Waals surface area (Å²) in [7, 11) is 1.69. The summed E-state index contributed by atoms with van der Waals surface area (Å²) in [4.78, 5) is 5.89. The minimum absolute atomic E-state index is 0.215. The minimum atomic E-state index is 0.215. The highest BCUT2D eigenvalue weighted by atomic mass is 32.2. The van der Waals surface area contributed by atoms with E-state index in [0.717, 1.165) is 11.3 Å². The lowest BCUT2D eigenvalue weighted by atomic mass is 9.93. The van der Waals surface area contributed by atoms with Gasteiger partial charge in [0.2, 0.25) is 0 Å². The van der Waals surface area contributed by atoms with Gasteiger partial charge in [0.1, 0.15) is 5.75 Å². The summed E-state index contributed by atoms with van der Waals surface area (Å²) < 4.78 is 5.27. The first-order valence-electron chi connectivity index (χ1n) is 6.17. The van der Waals surface area contributed by atoms with Crippen molar-refractivity contribution in [3.05, 3.63) is 59.2 Å². The molecule has 0 N–H and O–H groups in total. The van der Waals surface area contributed by atoms with Crippen molar-refractivity contribution in [2.75, 3.05) is 7.11 Å². The van der Waals surface area contributed by atoms with Crippen molar-refractivity contribution in [3.63, 3.8) is 0 Å². The molecule has 2 atom stereocenters. The zero-order chi connectivity index (χ0) is 12.8. The van der Waals surface area contributed by atoms with E-state index in [1.165, 1.54) is 16.0 Å². The smallest absolute Gasteiger partial charge is 0.119 e. The summed E-state index contributed by atoms with van der Waals surface area (Å²) in [6.07, 6.45) is 1.96. The molecule has 2 aromatic rings. The summed E-state index contributed by atoms with van der Waals surface area (Å²) in [5.41, 5.74) is 3.76. The average Bonchev–Trinajstić information content (AvgIpc) is 2.85. The number of aliphatic imine (C=N–C) groups is 1. The number of thioether (sulfide) groups is 1. The SMILES string of the molecule is COc1ccc2c(c1)C=NC1c3ccc#cc3SC21. The van der Waals surface area contributed by atoms with E-state index < -0.39 is 0 Å². The zero-order valence-corrected chi connectivity index (χ0v) is 11.2. The molecule has 2 aliphatic rings. The molecule has 0 saturated heterocycles. The van der Waals surface area contributed by atoms with E-state index in [0.29, 0.717) is 5.25 Å². The van der Waals surface area contributed by atoms with Crippen molar-refractivity contribution in [2.45, 2.75) is 16.2 Å². The fraction of sp³-hybridized carbons (Fsp3) is 0.188. The van der Waals surface area contributed by atoms with Crippen molar-refractivity contribution in [2.24, 2.45) is 4.99 Å². The molecule has 0 saturated carbocycles. The van der Waals surface area contributed by atoms with Gasteiger partial charge in [0.05, 0.1) is 23.3 Å². The maximum Gasteiger partial charge on any atom is 0.119 e. The minimum Gasteiger partial charge on any atom is -0.497 e. The van der Waals surface area contributed by atoms with Gasteiger partial charge in [0.15, 0.2) is 0 Å². The third-order valence-corrected chi connectivity index (χ3v) is 4.96. The molecule has 2 unspecified atom stereocenters. The summed E-state index contributed by atoms with van der Waals surface area (Å²) in [6, 6.07) is 16.7. The van der Waals surface area contributed by atoms with Gasteiger partial charge >= 0.3 is 0 Å². The highest BCUT2D eigenvalue weighted by Gasteiger charge is 2.37. The van der Waals surface area contributed by atoms with Crippen LogP contribution in [0.3, 0.4) is 0 Å². The Morgan fingerprint density at radius 1 is 1.26 bits per heavy atom. The van der Waals surface area contributed by atoms with Crippen LogP contribution in [0.25, 0.3) is 0 Å². The van der Waals surface area contributed by atoms with Gasteiger partial charge in [-0.15, -0.1) is 11.8 Å². The van der Waals surface area contributed by atoms with Crippen LogP contribution in [-0.4, -0.2) is 13.3 Å². The molecule has 0 aromatic heterocycles. The van der Waals surface area contributed by atoms with Gasteiger partial charge in [-0.2, -0.15) is 0 Å². The summed E-state index contributed by atoms with van der Waals surface area (Å²) in [5, 5.41) is 0.355. The fourth-order valence-corrected chi connectivity index (χ4v) is 4.06. The molecular formula is C16H11NOS. The van der Waals surface area contributed by atoms with Crippen LogP contribution < -0.4 is 4.74 Å². The highest BCUT2D eigenvalue weighted by molar-refractivity contribution is 8.00. The first-order chi connectivity index (χ1) is 9.36. The molecule has 0 bridgehead atoms. The van der Waals surface area contributed by atoms with Crippen LogP contribution in [0.4, 0.5) is 0 Å². The average molecular weight is 265 g/mol. The molecule has 0 spiro atoms. The highest BCUT2D eigenvalue weighted by Crippen LogP contribution is 2.56. The Bertz CT molecular complexity index is 680. The van der Waals surface area contributed by atoms with E-state index in [2.05, 4.69) is 30.3 Å². The Hall–Kier alpha value is -1.92. The molecular weight excluding hydrogens is 254 g/mol. The largest absolute Gasteiger partial charge is 0.497 e. The molecule has 2 heterocycles. The lowest BCUT2D eigenvalue weighted by Gasteiger charge is -2.22. The van der Waals surface area contributed by atoms with Crippen molar-refractivity contribution < 1.29 is 4.74 Å². The molecule has 3 heteroatoms. The van der Waals surface area contributed by atoms with E-state index in [-0.39, 0.29) is 6.04 Å². The van der Waals surface area contributed by atoms with Gasteiger partial charge in [0.25, 0.3) is 0 Å². The van der Waals surface area contributed by atoms with Gasteiger partial charge in [-0.25, -0.2) is 0 Å².